The molecule has 0 bridgehead atoms. The van der Waals surface area contributed by atoms with E-state index in [0.29, 0.717) is 30.0 Å². The first-order chi connectivity index (χ1) is 12.6. The van der Waals surface area contributed by atoms with E-state index >= 15 is 0 Å². The van der Waals surface area contributed by atoms with Crippen LogP contribution in [0.25, 0.3) is 6.08 Å². The van der Waals surface area contributed by atoms with Gasteiger partial charge in [-0.05, 0) is 42.3 Å². The van der Waals surface area contributed by atoms with Crippen LogP contribution in [-0.2, 0) is 4.79 Å². The molecule has 2 aromatic carbocycles. The van der Waals surface area contributed by atoms with Gasteiger partial charge in [-0.25, -0.2) is 0 Å². The normalized spacial score (nSPS) is 14.1. The van der Waals surface area contributed by atoms with Crippen LogP contribution in [-0.4, -0.2) is 32.5 Å². The van der Waals surface area contributed by atoms with Crippen molar-refractivity contribution in [1.82, 2.24) is 0 Å². The van der Waals surface area contributed by atoms with Crippen LogP contribution in [0.3, 0.4) is 0 Å². The second-order valence-corrected chi connectivity index (χ2v) is 6.04. The molecular formula is C21H21NO4. The lowest BCUT2D eigenvalue weighted by Crippen LogP contribution is -2.23. The molecule has 0 saturated carbocycles. The second-order valence-electron chi connectivity index (χ2n) is 6.04. The van der Waals surface area contributed by atoms with Crippen molar-refractivity contribution in [1.29, 1.82) is 0 Å². The van der Waals surface area contributed by atoms with Gasteiger partial charge in [-0.3, -0.25) is 9.59 Å². The van der Waals surface area contributed by atoms with Gasteiger partial charge in [0, 0.05) is 30.3 Å². The number of amides is 1. The van der Waals surface area contributed by atoms with Crippen LogP contribution in [0.5, 0.6) is 11.5 Å². The van der Waals surface area contributed by atoms with Crippen molar-refractivity contribution in [3.05, 3.63) is 59.7 Å². The summed E-state index contributed by atoms with van der Waals surface area (Å²) in [6.07, 6.45) is 4.66. The zero-order valence-corrected chi connectivity index (χ0v) is 14.9. The maximum atomic E-state index is 12.5. The third-order valence-electron chi connectivity index (χ3n) is 4.32. The number of rotatable bonds is 6. The second kappa shape index (κ2) is 7.87. The topological polar surface area (TPSA) is 55.8 Å². The third kappa shape index (κ3) is 3.94. The molecule has 134 valence electrons. The lowest BCUT2D eigenvalue weighted by Gasteiger charge is -2.16. The fourth-order valence-electron chi connectivity index (χ4n) is 2.94. The molecule has 26 heavy (non-hydrogen) atoms. The summed E-state index contributed by atoms with van der Waals surface area (Å²) in [7, 11) is 3.16. The largest absolute Gasteiger partial charge is 0.497 e. The Morgan fingerprint density at radius 2 is 1.81 bits per heavy atom. The average molecular weight is 351 g/mol. The molecule has 0 N–H and O–H groups in total. The highest BCUT2D eigenvalue weighted by Gasteiger charge is 2.22. The van der Waals surface area contributed by atoms with Gasteiger partial charge in [-0.1, -0.05) is 18.2 Å². The third-order valence-corrected chi connectivity index (χ3v) is 4.32. The smallest absolute Gasteiger partial charge is 0.227 e. The number of methoxy groups -OCH3 is 2. The highest BCUT2D eigenvalue weighted by molar-refractivity contribution is 6.08. The molecule has 5 nitrogen and oxygen atoms in total. The van der Waals surface area contributed by atoms with Crippen molar-refractivity contribution < 1.29 is 19.1 Å². The Kier molecular flexibility index (Phi) is 5.37. The molecule has 1 saturated heterocycles. The first-order valence-electron chi connectivity index (χ1n) is 8.46. The van der Waals surface area contributed by atoms with Crippen molar-refractivity contribution in [2.24, 2.45) is 0 Å². The first kappa shape index (κ1) is 17.7. The molecule has 3 rings (SSSR count). The van der Waals surface area contributed by atoms with Crippen molar-refractivity contribution in [2.45, 2.75) is 12.8 Å². The molecular weight excluding hydrogens is 330 g/mol. The fourth-order valence-corrected chi connectivity index (χ4v) is 2.94. The predicted octanol–water partition coefficient (Wildman–Crippen LogP) is 3.73. The summed E-state index contributed by atoms with van der Waals surface area (Å²) < 4.78 is 10.5. The van der Waals surface area contributed by atoms with E-state index in [0.717, 1.165) is 17.7 Å². The molecule has 0 unspecified atom stereocenters. The van der Waals surface area contributed by atoms with E-state index in [-0.39, 0.29) is 11.7 Å². The van der Waals surface area contributed by atoms with Gasteiger partial charge in [0.1, 0.15) is 11.5 Å². The predicted molar refractivity (Wildman–Crippen MR) is 101 cm³/mol. The molecule has 2 aromatic rings. The average Bonchev–Trinajstić information content (AvgIpc) is 3.11. The Morgan fingerprint density at radius 3 is 2.42 bits per heavy atom. The number of hydrogen-bond donors (Lipinski definition) is 0. The van der Waals surface area contributed by atoms with Gasteiger partial charge in [0.15, 0.2) is 5.78 Å². The number of carbonyl (C=O) groups excluding carboxylic acids is 2. The Bertz CT molecular complexity index is 835. The zero-order chi connectivity index (χ0) is 18.5. The van der Waals surface area contributed by atoms with Gasteiger partial charge in [0.2, 0.25) is 5.91 Å². The molecule has 0 atom stereocenters. The number of hydrogen-bond acceptors (Lipinski definition) is 4. The van der Waals surface area contributed by atoms with Gasteiger partial charge in [0.25, 0.3) is 0 Å². The summed E-state index contributed by atoms with van der Waals surface area (Å²) in [6, 6.07) is 12.6. The highest BCUT2D eigenvalue weighted by Crippen LogP contribution is 2.24. The van der Waals surface area contributed by atoms with E-state index in [1.807, 2.05) is 18.2 Å². The van der Waals surface area contributed by atoms with E-state index < -0.39 is 0 Å². The Morgan fingerprint density at radius 1 is 1.08 bits per heavy atom. The number of benzene rings is 2. The van der Waals surface area contributed by atoms with E-state index in [9.17, 15) is 9.59 Å². The van der Waals surface area contributed by atoms with E-state index in [2.05, 4.69) is 0 Å². The summed E-state index contributed by atoms with van der Waals surface area (Å²) in [4.78, 5) is 26.1. The van der Waals surface area contributed by atoms with Crippen LogP contribution >= 0.6 is 0 Å². The van der Waals surface area contributed by atoms with Crippen LogP contribution in [0, 0.1) is 0 Å². The summed E-state index contributed by atoms with van der Waals surface area (Å²) in [5.74, 6) is 1.30. The van der Waals surface area contributed by atoms with Crippen LogP contribution < -0.4 is 14.4 Å². The number of ether oxygens (including phenoxy) is 2. The number of nitrogens with zero attached hydrogens (tertiary/aromatic N) is 1. The van der Waals surface area contributed by atoms with E-state index in [1.54, 1.807) is 49.5 Å². The highest BCUT2D eigenvalue weighted by atomic mass is 16.5. The van der Waals surface area contributed by atoms with Crippen molar-refractivity contribution in [3.63, 3.8) is 0 Å². The minimum Gasteiger partial charge on any atom is -0.497 e. The number of anilines is 1. The van der Waals surface area contributed by atoms with Crippen LogP contribution in [0.2, 0.25) is 0 Å². The SMILES string of the molecule is COc1cc(/C=C/C(=O)c2cccc(N3CCCC3=O)c2)cc(OC)c1. The summed E-state index contributed by atoms with van der Waals surface area (Å²) in [6.45, 7) is 0.704. The lowest BCUT2D eigenvalue weighted by atomic mass is 10.1. The van der Waals surface area contributed by atoms with Gasteiger partial charge >= 0.3 is 0 Å². The minimum atomic E-state index is -0.125. The fraction of sp³-hybridized carbons (Fsp3) is 0.238. The van der Waals surface area contributed by atoms with E-state index in [4.69, 9.17) is 9.47 Å². The Balaban J connectivity index is 1.80. The number of carbonyl (C=O) groups is 2. The summed E-state index contributed by atoms with van der Waals surface area (Å²) in [5, 5.41) is 0. The first-order valence-corrected chi connectivity index (χ1v) is 8.46. The standard InChI is InChI=1S/C21H21NO4/c1-25-18-11-15(12-19(14-18)26-2)8-9-20(23)16-5-3-6-17(13-16)22-10-4-7-21(22)24/h3,5-6,8-9,11-14H,4,7,10H2,1-2H3/b9-8+. The van der Waals surface area contributed by atoms with Crippen LogP contribution in [0.1, 0.15) is 28.8 Å². The number of ketones is 1. The monoisotopic (exact) mass is 351 g/mol. The van der Waals surface area contributed by atoms with Crippen molar-refractivity contribution in [2.75, 3.05) is 25.7 Å². The van der Waals surface area contributed by atoms with Gasteiger partial charge in [0.05, 0.1) is 14.2 Å². The lowest BCUT2D eigenvalue weighted by molar-refractivity contribution is -0.117. The van der Waals surface area contributed by atoms with Crippen molar-refractivity contribution >= 4 is 23.5 Å². The van der Waals surface area contributed by atoms with Crippen LogP contribution in [0.15, 0.2) is 48.5 Å². The zero-order valence-electron chi connectivity index (χ0n) is 14.9. The Hall–Kier alpha value is -3.08. The van der Waals surface area contributed by atoms with Crippen LogP contribution in [0.4, 0.5) is 5.69 Å². The Labute approximate surface area is 152 Å². The van der Waals surface area contributed by atoms with E-state index in [1.165, 1.54) is 6.08 Å². The van der Waals surface area contributed by atoms with Gasteiger partial charge < -0.3 is 14.4 Å². The molecule has 1 aliphatic rings. The van der Waals surface area contributed by atoms with Gasteiger partial charge in [-0.15, -0.1) is 0 Å². The molecule has 0 aliphatic carbocycles. The molecule has 5 heteroatoms. The quantitative estimate of drug-likeness (QED) is 0.588. The minimum absolute atomic E-state index is 0.105. The summed E-state index contributed by atoms with van der Waals surface area (Å²) >= 11 is 0. The van der Waals surface area contributed by atoms with Gasteiger partial charge in [-0.2, -0.15) is 0 Å². The maximum Gasteiger partial charge on any atom is 0.227 e. The molecule has 0 aromatic heterocycles. The summed E-state index contributed by atoms with van der Waals surface area (Å²) in [5.41, 5.74) is 2.13. The van der Waals surface area contributed by atoms with Crippen molar-refractivity contribution in [3.8, 4) is 11.5 Å². The molecule has 1 fully saturated rings. The molecule has 1 amide bonds. The molecule has 1 heterocycles. The molecule has 1 aliphatic heterocycles. The number of allylic oxidation sites excluding steroid dienone is 1. The molecule has 0 spiro atoms. The molecule has 0 radical (unpaired) electrons. The maximum absolute atomic E-state index is 12.5.